The minimum Gasteiger partial charge on any atom is -0.439 e. The van der Waals surface area contributed by atoms with E-state index in [-0.39, 0.29) is 0 Å². The second-order valence-corrected chi connectivity index (χ2v) is 4.24. The highest BCUT2D eigenvalue weighted by Crippen LogP contribution is 2.21. The zero-order valence-corrected chi connectivity index (χ0v) is 10.9. The van der Waals surface area contributed by atoms with Crippen molar-refractivity contribution in [2.24, 2.45) is 0 Å². The molecule has 0 amide bonds. The zero-order valence-electron chi connectivity index (χ0n) is 10.2. The average Bonchev–Trinajstić information content (AvgIpc) is 2.40. The summed E-state index contributed by atoms with van der Waals surface area (Å²) in [5.41, 5.74) is 0.961. The lowest BCUT2D eigenvalue weighted by atomic mass is 10.3. The minimum absolute atomic E-state index is 0.590. The number of nitrogens with zero attached hydrogens (tertiary/aromatic N) is 1. The lowest BCUT2D eigenvalue weighted by molar-refractivity contribution is 0.459. The molecule has 1 N–H and O–H groups in total. The van der Waals surface area contributed by atoms with Gasteiger partial charge in [-0.25, -0.2) is 4.98 Å². The number of aromatic nitrogens is 1. The molecule has 1 heterocycles. The maximum absolute atomic E-state index is 5.82. The molecule has 94 valence electrons. The van der Waals surface area contributed by atoms with Crippen LogP contribution in [-0.4, -0.2) is 11.5 Å². The van der Waals surface area contributed by atoms with Crippen molar-refractivity contribution >= 4 is 11.6 Å². The number of halogens is 1. The molecule has 0 spiro atoms. The van der Waals surface area contributed by atoms with Crippen LogP contribution in [0.25, 0.3) is 0 Å². The minimum atomic E-state index is 0.590. The number of pyridine rings is 1. The number of nitrogens with one attached hydrogen (secondary N) is 1. The lowest BCUT2D eigenvalue weighted by Crippen LogP contribution is -2.12. The number of ether oxygens (including phenoxy) is 1. The molecule has 1 aromatic heterocycles. The Kier molecular flexibility index (Phi) is 4.56. The van der Waals surface area contributed by atoms with E-state index in [1.165, 1.54) is 0 Å². The van der Waals surface area contributed by atoms with Crippen molar-refractivity contribution in [3.05, 3.63) is 53.2 Å². The van der Waals surface area contributed by atoms with Gasteiger partial charge in [-0.3, -0.25) is 0 Å². The highest BCUT2D eigenvalue weighted by Gasteiger charge is 2.00. The highest BCUT2D eigenvalue weighted by atomic mass is 35.5. The van der Waals surface area contributed by atoms with Crippen molar-refractivity contribution in [3.63, 3.8) is 0 Å². The first-order chi connectivity index (χ1) is 8.78. The van der Waals surface area contributed by atoms with Gasteiger partial charge in [-0.15, -0.1) is 0 Å². The van der Waals surface area contributed by atoms with Crippen molar-refractivity contribution in [3.8, 4) is 11.6 Å². The van der Waals surface area contributed by atoms with E-state index in [0.717, 1.165) is 24.5 Å². The van der Waals surface area contributed by atoms with Crippen LogP contribution in [0.1, 0.15) is 12.6 Å². The van der Waals surface area contributed by atoms with Crippen molar-refractivity contribution in [1.82, 2.24) is 10.3 Å². The molecule has 2 rings (SSSR count). The molecular formula is C14H15ClN2O. The van der Waals surface area contributed by atoms with Crippen LogP contribution in [0.2, 0.25) is 5.02 Å². The van der Waals surface area contributed by atoms with Crippen molar-refractivity contribution in [2.75, 3.05) is 6.54 Å². The Bertz CT molecular complexity index is 499. The van der Waals surface area contributed by atoms with Crippen LogP contribution >= 0.6 is 11.6 Å². The van der Waals surface area contributed by atoms with E-state index < -0.39 is 0 Å². The summed E-state index contributed by atoms with van der Waals surface area (Å²) in [5, 5.41) is 3.92. The number of rotatable bonds is 5. The molecule has 4 heteroatoms. The second kappa shape index (κ2) is 6.38. The Balaban J connectivity index is 2.06. The summed E-state index contributed by atoms with van der Waals surface area (Å²) in [4.78, 5) is 4.41. The van der Waals surface area contributed by atoms with Crippen LogP contribution in [0.3, 0.4) is 0 Å². The standard InChI is InChI=1S/C14H15ClN2O/c1-2-16-10-12-4-3-5-14(17-12)18-13-8-6-11(15)7-9-13/h3-9,16H,2,10H2,1H3. The van der Waals surface area contributed by atoms with Gasteiger partial charge in [0.15, 0.2) is 0 Å². The van der Waals surface area contributed by atoms with E-state index in [0.29, 0.717) is 10.9 Å². The van der Waals surface area contributed by atoms with Crippen LogP contribution in [0, 0.1) is 0 Å². The summed E-state index contributed by atoms with van der Waals surface area (Å²) in [5.74, 6) is 1.32. The van der Waals surface area contributed by atoms with E-state index in [9.17, 15) is 0 Å². The fourth-order valence-corrected chi connectivity index (χ4v) is 1.62. The molecule has 18 heavy (non-hydrogen) atoms. The van der Waals surface area contributed by atoms with Crippen molar-refractivity contribution in [1.29, 1.82) is 0 Å². The Morgan fingerprint density at radius 2 is 1.94 bits per heavy atom. The molecule has 0 unspecified atom stereocenters. The second-order valence-electron chi connectivity index (χ2n) is 3.80. The normalized spacial score (nSPS) is 10.3. The van der Waals surface area contributed by atoms with E-state index >= 15 is 0 Å². The van der Waals surface area contributed by atoms with Crippen LogP contribution in [0.4, 0.5) is 0 Å². The molecule has 0 aliphatic rings. The van der Waals surface area contributed by atoms with Gasteiger partial charge >= 0.3 is 0 Å². The first kappa shape index (κ1) is 12.9. The first-order valence-electron chi connectivity index (χ1n) is 5.88. The monoisotopic (exact) mass is 262 g/mol. The molecule has 0 bridgehead atoms. The molecule has 0 aliphatic carbocycles. The van der Waals surface area contributed by atoms with Crippen LogP contribution in [0.5, 0.6) is 11.6 Å². The quantitative estimate of drug-likeness (QED) is 0.893. The van der Waals surface area contributed by atoms with Gasteiger partial charge in [0.25, 0.3) is 0 Å². The van der Waals surface area contributed by atoms with Crippen molar-refractivity contribution in [2.45, 2.75) is 13.5 Å². The van der Waals surface area contributed by atoms with Crippen LogP contribution in [-0.2, 0) is 6.54 Å². The number of benzene rings is 1. The maximum atomic E-state index is 5.82. The Labute approximate surface area is 112 Å². The van der Waals surface area contributed by atoms with Gasteiger partial charge in [0, 0.05) is 17.6 Å². The fraction of sp³-hybridized carbons (Fsp3) is 0.214. The fourth-order valence-electron chi connectivity index (χ4n) is 1.49. The van der Waals surface area contributed by atoms with Gasteiger partial charge in [0.1, 0.15) is 5.75 Å². The summed E-state index contributed by atoms with van der Waals surface area (Å²) in [6.07, 6.45) is 0. The van der Waals surface area contributed by atoms with Gasteiger partial charge in [0.2, 0.25) is 5.88 Å². The van der Waals surface area contributed by atoms with Gasteiger partial charge < -0.3 is 10.1 Å². The van der Waals surface area contributed by atoms with Crippen molar-refractivity contribution < 1.29 is 4.74 Å². The largest absolute Gasteiger partial charge is 0.439 e. The zero-order chi connectivity index (χ0) is 12.8. The summed E-state index contributed by atoms with van der Waals surface area (Å²) in [7, 11) is 0. The number of hydrogen-bond donors (Lipinski definition) is 1. The molecule has 0 saturated carbocycles. The van der Waals surface area contributed by atoms with Gasteiger partial charge in [-0.05, 0) is 36.9 Å². The molecule has 0 atom stereocenters. The van der Waals surface area contributed by atoms with E-state index in [1.807, 2.05) is 30.3 Å². The summed E-state index contributed by atoms with van der Waals surface area (Å²) >= 11 is 5.82. The Morgan fingerprint density at radius 1 is 1.17 bits per heavy atom. The topological polar surface area (TPSA) is 34.1 Å². The van der Waals surface area contributed by atoms with Gasteiger partial charge in [-0.2, -0.15) is 0 Å². The highest BCUT2D eigenvalue weighted by molar-refractivity contribution is 6.30. The molecular weight excluding hydrogens is 248 g/mol. The average molecular weight is 263 g/mol. The predicted molar refractivity (Wildman–Crippen MR) is 73.1 cm³/mol. The molecule has 0 saturated heterocycles. The molecule has 1 aromatic carbocycles. The third-order valence-corrected chi connectivity index (χ3v) is 2.63. The summed E-state index contributed by atoms with van der Waals surface area (Å²) < 4.78 is 5.66. The molecule has 3 nitrogen and oxygen atoms in total. The lowest BCUT2D eigenvalue weighted by Gasteiger charge is -2.07. The van der Waals surface area contributed by atoms with Gasteiger partial charge in [-0.1, -0.05) is 24.6 Å². The summed E-state index contributed by atoms with van der Waals surface area (Å²) in [6, 6.07) is 13.0. The SMILES string of the molecule is CCNCc1cccc(Oc2ccc(Cl)cc2)n1. The van der Waals surface area contributed by atoms with E-state index in [4.69, 9.17) is 16.3 Å². The third-order valence-electron chi connectivity index (χ3n) is 2.37. The first-order valence-corrected chi connectivity index (χ1v) is 6.26. The van der Waals surface area contributed by atoms with Gasteiger partial charge in [0.05, 0.1) is 5.69 Å². The summed E-state index contributed by atoms with van der Waals surface area (Å²) in [6.45, 7) is 3.73. The van der Waals surface area contributed by atoms with Crippen LogP contribution in [0.15, 0.2) is 42.5 Å². The maximum Gasteiger partial charge on any atom is 0.219 e. The molecule has 0 aliphatic heterocycles. The number of hydrogen-bond acceptors (Lipinski definition) is 3. The smallest absolute Gasteiger partial charge is 0.219 e. The van der Waals surface area contributed by atoms with Crippen LogP contribution < -0.4 is 10.1 Å². The predicted octanol–water partition coefficient (Wildman–Crippen LogP) is 3.64. The Morgan fingerprint density at radius 3 is 2.67 bits per heavy atom. The molecule has 0 fully saturated rings. The molecule has 0 radical (unpaired) electrons. The third kappa shape index (κ3) is 3.72. The Hall–Kier alpha value is -1.58. The van der Waals surface area contributed by atoms with E-state index in [2.05, 4.69) is 17.2 Å². The molecule has 2 aromatic rings. The van der Waals surface area contributed by atoms with E-state index in [1.54, 1.807) is 12.1 Å².